The molecule has 0 N–H and O–H groups in total. The topological polar surface area (TPSA) is 101 Å². The van der Waals surface area contributed by atoms with Crippen LogP contribution in [0.1, 0.15) is 16.6 Å². The first-order chi connectivity index (χ1) is 12.2. The van der Waals surface area contributed by atoms with Crippen LogP contribution in [0.5, 0.6) is 0 Å². The Morgan fingerprint density at radius 3 is 2.54 bits per heavy atom. The van der Waals surface area contributed by atoms with Crippen molar-refractivity contribution in [2.45, 2.75) is 6.92 Å². The number of carbonyl (C=O) groups is 1. The summed E-state index contributed by atoms with van der Waals surface area (Å²) < 4.78 is 25.8. The Labute approximate surface area is 159 Å². The zero-order valence-electron chi connectivity index (χ0n) is 13.8. The molecule has 140 valence electrons. The molecule has 0 radical (unpaired) electrons. The lowest BCUT2D eigenvalue weighted by Crippen LogP contribution is -2.50. The number of amides is 1. The van der Waals surface area contributed by atoms with E-state index in [1.54, 1.807) is 11.8 Å². The van der Waals surface area contributed by atoms with Crippen LogP contribution in [0.15, 0.2) is 18.2 Å². The normalized spacial score (nSPS) is 16.2. The number of benzene rings is 1. The minimum Gasteiger partial charge on any atom is -0.335 e. The average Bonchev–Trinajstić information content (AvgIpc) is 2.97. The molecule has 1 amide bonds. The molecule has 26 heavy (non-hydrogen) atoms. The third-order valence-corrected chi connectivity index (χ3v) is 7.83. The Kier molecular flexibility index (Phi) is 5.20. The van der Waals surface area contributed by atoms with Crippen molar-refractivity contribution in [3.8, 4) is 0 Å². The number of thiophene rings is 1. The molecule has 3 rings (SSSR count). The van der Waals surface area contributed by atoms with Gasteiger partial charge in [-0.25, -0.2) is 8.42 Å². The van der Waals surface area contributed by atoms with Gasteiger partial charge in [-0.1, -0.05) is 11.6 Å². The van der Waals surface area contributed by atoms with E-state index in [0.717, 1.165) is 11.3 Å². The van der Waals surface area contributed by atoms with Gasteiger partial charge in [0.25, 0.3) is 11.6 Å². The van der Waals surface area contributed by atoms with E-state index >= 15 is 0 Å². The summed E-state index contributed by atoms with van der Waals surface area (Å²) in [6, 6.07) is 4.28. The van der Waals surface area contributed by atoms with Gasteiger partial charge in [-0.15, -0.1) is 11.3 Å². The summed E-state index contributed by atoms with van der Waals surface area (Å²) in [7, 11) is -3.27. The first-order valence-corrected chi connectivity index (χ1v) is 10.7. The monoisotopic (exact) mass is 417 g/mol. The molecule has 1 aromatic heterocycles. The second-order valence-electron chi connectivity index (χ2n) is 5.77. The van der Waals surface area contributed by atoms with Gasteiger partial charge in [0.2, 0.25) is 10.0 Å². The van der Waals surface area contributed by atoms with Crippen LogP contribution in [0.4, 0.5) is 5.69 Å². The molecular weight excluding hydrogens is 402 g/mol. The number of rotatable bonds is 4. The number of piperazine rings is 1. The summed E-state index contributed by atoms with van der Waals surface area (Å²) in [5, 5.41) is 11.8. The standard InChI is InChI=1S/C15H16ClN3O5S2/c1-2-26(23,24)18-7-5-17(6-8-18)15(20)14-13(16)11-4-3-10(19(21)22)9-12(11)25-14/h3-4,9H,2,5-8H2,1H3. The highest BCUT2D eigenvalue weighted by molar-refractivity contribution is 7.89. The van der Waals surface area contributed by atoms with Gasteiger partial charge >= 0.3 is 0 Å². The largest absolute Gasteiger partial charge is 0.335 e. The minimum absolute atomic E-state index is 0.0296. The van der Waals surface area contributed by atoms with Gasteiger partial charge in [-0.05, 0) is 13.0 Å². The predicted molar refractivity (Wildman–Crippen MR) is 100 cm³/mol. The van der Waals surface area contributed by atoms with Gasteiger partial charge in [-0.3, -0.25) is 14.9 Å². The van der Waals surface area contributed by atoms with Gasteiger partial charge in [0, 0.05) is 48.4 Å². The molecule has 1 aliphatic heterocycles. The zero-order valence-corrected chi connectivity index (χ0v) is 16.2. The molecule has 2 aromatic rings. The Morgan fingerprint density at radius 1 is 1.31 bits per heavy atom. The Bertz CT molecular complexity index is 981. The van der Waals surface area contributed by atoms with Gasteiger partial charge < -0.3 is 4.90 Å². The molecule has 1 saturated heterocycles. The maximum atomic E-state index is 12.8. The van der Waals surface area contributed by atoms with E-state index in [2.05, 4.69) is 0 Å². The minimum atomic E-state index is -3.27. The Hall–Kier alpha value is -1.75. The van der Waals surface area contributed by atoms with Crippen molar-refractivity contribution >= 4 is 54.6 Å². The molecule has 1 aromatic carbocycles. The summed E-state index contributed by atoms with van der Waals surface area (Å²) in [5.74, 6) is -0.255. The van der Waals surface area contributed by atoms with Gasteiger partial charge in [-0.2, -0.15) is 4.31 Å². The molecule has 0 aliphatic carbocycles. The second kappa shape index (κ2) is 7.10. The van der Waals surface area contributed by atoms with Crippen molar-refractivity contribution in [2.75, 3.05) is 31.9 Å². The van der Waals surface area contributed by atoms with Gasteiger partial charge in [0.05, 0.1) is 15.7 Å². The van der Waals surface area contributed by atoms with Crippen molar-refractivity contribution < 1.29 is 18.1 Å². The lowest BCUT2D eigenvalue weighted by atomic mass is 10.2. The quantitative estimate of drug-likeness (QED) is 0.562. The van der Waals surface area contributed by atoms with Crippen molar-refractivity contribution in [3.05, 3.63) is 38.2 Å². The molecule has 11 heteroatoms. The molecule has 0 saturated carbocycles. The Morgan fingerprint density at radius 2 is 1.96 bits per heavy atom. The summed E-state index contributed by atoms with van der Waals surface area (Å²) in [5.41, 5.74) is -0.0622. The first kappa shape index (κ1) is 19.0. The van der Waals surface area contributed by atoms with Crippen molar-refractivity contribution in [2.24, 2.45) is 0 Å². The van der Waals surface area contributed by atoms with Crippen molar-refractivity contribution in [1.29, 1.82) is 0 Å². The number of fused-ring (bicyclic) bond motifs is 1. The highest BCUT2D eigenvalue weighted by Gasteiger charge is 2.30. The molecule has 1 fully saturated rings. The number of nitrogens with zero attached hydrogens (tertiary/aromatic N) is 3. The molecule has 0 unspecified atom stereocenters. The maximum absolute atomic E-state index is 12.8. The second-order valence-corrected chi connectivity index (χ2v) is 9.46. The molecule has 2 heterocycles. The number of sulfonamides is 1. The van der Waals surface area contributed by atoms with Crippen LogP contribution in [-0.4, -0.2) is 60.4 Å². The number of halogens is 1. The number of non-ortho nitro benzene ring substituents is 1. The number of hydrogen-bond donors (Lipinski definition) is 0. The number of nitro benzene ring substituents is 1. The van der Waals surface area contributed by atoms with E-state index < -0.39 is 14.9 Å². The van der Waals surface area contributed by atoms with Crippen molar-refractivity contribution in [3.63, 3.8) is 0 Å². The van der Waals surface area contributed by atoms with E-state index in [4.69, 9.17) is 11.6 Å². The fraction of sp³-hybridized carbons (Fsp3) is 0.400. The van der Waals surface area contributed by atoms with Gasteiger partial charge in [0.1, 0.15) is 4.88 Å². The van der Waals surface area contributed by atoms with E-state index in [0.29, 0.717) is 15.0 Å². The predicted octanol–water partition coefficient (Wildman–Crippen LogP) is 2.57. The van der Waals surface area contributed by atoms with Crippen LogP contribution in [0, 0.1) is 10.1 Å². The summed E-state index contributed by atoms with van der Waals surface area (Å²) in [4.78, 5) is 25.1. The third-order valence-electron chi connectivity index (χ3n) is 4.30. The molecule has 0 bridgehead atoms. The maximum Gasteiger partial charge on any atom is 0.270 e. The lowest BCUT2D eigenvalue weighted by Gasteiger charge is -2.33. The van der Waals surface area contributed by atoms with E-state index in [1.165, 1.54) is 22.5 Å². The van der Waals surface area contributed by atoms with E-state index in [1.807, 2.05) is 0 Å². The summed E-state index contributed by atoms with van der Waals surface area (Å²) in [6.45, 7) is 2.64. The highest BCUT2D eigenvalue weighted by atomic mass is 35.5. The van der Waals surface area contributed by atoms with Crippen LogP contribution in [0.25, 0.3) is 10.1 Å². The fourth-order valence-electron chi connectivity index (χ4n) is 2.80. The SMILES string of the molecule is CCS(=O)(=O)N1CCN(C(=O)c2sc3cc([N+](=O)[O-])ccc3c2Cl)CC1. The number of carbonyl (C=O) groups excluding carboxylic acids is 1. The van der Waals surface area contributed by atoms with Crippen LogP contribution >= 0.6 is 22.9 Å². The molecular formula is C15H16ClN3O5S2. The average molecular weight is 418 g/mol. The zero-order chi connectivity index (χ0) is 19.1. The van der Waals surface area contributed by atoms with Crippen LogP contribution < -0.4 is 0 Å². The highest BCUT2D eigenvalue weighted by Crippen LogP contribution is 2.38. The number of nitro groups is 1. The molecule has 0 atom stereocenters. The molecule has 0 spiro atoms. The molecule has 1 aliphatic rings. The smallest absolute Gasteiger partial charge is 0.270 e. The fourth-order valence-corrected chi connectivity index (χ4v) is 5.40. The van der Waals surface area contributed by atoms with Crippen LogP contribution in [0.2, 0.25) is 5.02 Å². The van der Waals surface area contributed by atoms with Crippen molar-refractivity contribution in [1.82, 2.24) is 9.21 Å². The first-order valence-electron chi connectivity index (χ1n) is 7.88. The van der Waals surface area contributed by atoms with E-state index in [-0.39, 0.29) is 48.5 Å². The van der Waals surface area contributed by atoms with Crippen LogP contribution in [-0.2, 0) is 10.0 Å². The summed E-state index contributed by atoms with van der Waals surface area (Å²) >= 11 is 7.42. The third kappa shape index (κ3) is 3.41. The van der Waals surface area contributed by atoms with E-state index in [9.17, 15) is 23.3 Å². The van der Waals surface area contributed by atoms with Crippen LogP contribution in [0.3, 0.4) is 0 Å². The Balaban J connectivity index is 1.82. The summed E-state index contributed by atoms with van der Waals surface area (Å²) in [6.07, 6.45) is 0. The lowest BCUT2D eigenvalue weighted by molar-refractivity contribution is -0.384. The number of hydrogen-bond acceptors (Lipinski definition) is 6. The molecule has 8 nitrogen and oxygen atoms in total. The van der Waals surface area contributed by atoms with Gasteiger partial charge in [0.15, 0.2) is 0 Å².